The molecule has 0 radical (unpaired) electrons. The Morgan fingerprint density at radius 1 is 0.962 bits per heavy atom. The molecule has 0 N–H and O–H groups in total. The molecule has 2 aromatic carbocycles. The minimum absolute atomic E-state index is 0.128. The van der Waals surface area contributed by atoms with Gasteiger partial charge in [0.25, 0.3) is 5.91 Å². The minimum atomic E-state index is -0.308. The van der Waals surface area contributed by atoms with Gasteiger partial charge in [0.15, 0.2) is 0 Å². The molecule has 0 unspecified atom stereocenters. The smallest absolute Gasteiger partial charge is 0.259 e. The van der Waals surface area contributed by atoms with Crippen molar-refractivity contribution in [2.45, 2.75) is 0 Å². The van der Waals surface area contributed by atoms with Crippen LogP contribution < -0.4 is 9.80 Å². The summed E-state index contributed by atoms with van der Waals surface area (Å²) in [6.45, 7) is 1.19. The molecule has 0 bridgehead atoms. The van der Waals surface area contributed by atoms with Gasteiger partial charge in [0.05, 0.1) is 16.9 Å². The molecule has 2 heterocycles. The van der Waals surface area contributed by atoms with E-state index in [-0.39, 0.29) is 11.7 Å². The third-order valence-corrected chi connectivity index (χ3v) is 4.64. The first-order valence-electron chi connectivity index (χ1n) is 8.46. The number of anilines is 2. The second-order valence-corrected chi connectivity index (χ2v) is 6.34. The normalized spacial score (nSPS) is 13.5. The van der Waals surface area contributed by atoms with Crippen LogP contribution in [0.25, 0.3) is 11.1 Å². The Kier molecular flexibility index (Phi) is 4.13. The van der Waals surface area contributed by atoms with Gasteiger partial charge in [0.2, 0.25) is 0 Å². The van der Waals surface area contributed by atoms with E-state index in [1.165, 1.54) is 12.1 Å². The first-order valence-corrected chi connectivity index (χ1v) is 8.46. The van der Waals surface area contributed by atoms with Gasteiger partial charge in [-0.05, 0) is 29.8 Å². The first-order chi connectivity index (χ1) is 12.6. The first kappa shape index (κ1) is 16.3. The van der Waals surface area contributed by atoms with Crippen LogP contribution in [-0.4, -0.2) is 31.0 Å². The number of rotatable bonds is 2. The van der Waals surface area contributed by atoms with Gasteiger partial charge < -0.3 is 9.80 Å². The topological polar surface area (TPSA) is 36.4 Å². The van der Waals surface area contributed by atoms with Crippen molar-refractivity contribution in [3.8, 4) is 11.1 Å². The van der Waals surface area contributed by atoms with Crippen molar-refractivity contribution in [2.24, 2.45) is 0 Å². The molecule has 3 aromatic rings. The van der Waals surface area contributed by atoms with Crippen molar-refractivity contribution >= 4 is 17.3 Å². The summed E-state index contributed by atoms with van der Waals surface area (Å²) in [6, 6.07) is 16.2. The Morgan fingerprint density at radius 3 is 2.58 bits per heavy atom. The number of likely N-dealkylation sites (N-methyl/N-ethyl adjacent to an activating group) is 1. The summed E-state index contributed by atoms with van der Waals surface area (Å²) in [5.41, 5.74) is 3.86. The zero-order chi connectivity index (χ0) is 18.1. The molecular weight excluding hydrogens is 329 g/mol. The number of hydrogen-bond donors (Lipinski definition) is 0. The fourth-order valence-electron chi connectivity index (χ4n) is 3.23. The number of carbonyl (C=O) groups excluding carboxylic acids is 1. The van der Waals surface area contributed by atoms with Crippen LogP contribution in [0.1, 0.15) is 10.4 Å². The third-order valence-electron chi connectivity index (χ3n) is 4.64. The number of pyridine rings is 1. The quantitative estimate of drug-likeness (QED) is 0.703. The van der Waals surface area contributed by atoms with Crippen molar-refractivity contribution < 1.29 is 9.18 Å². The van der Waals surface area contributed by atoms with Crippen LogP contribution in [0.2, 0.25) is 0 Å². The number of carbonyl (C=O) groups is 1. The number of amides is 1. The van der Waals surface area contributed by atoms with E-state index in [9.17, 15) is 9.18 Å². The predicted octanol–water partition coefficient (Wildman–Crippen LogP) is 3.98. The van der Waals surface area contributed by atoms with Gasteiger partial charge in [0.1, 0.15) is 5.82 Å². The van der Waals surface area contributed by atoms with Crippen LogP contribution >= 0.6 is 0 Å². The molecule has 4 rings (SSSR count). The summed E-state index contributed by atoms with van der Waals surface area (Å²) in [5.74, 6) is -0.436. The van der Waals surface area contributed by atoms with Crippen LogP contribution in [0.15, 0.2) is 67.0 Å². The molecule has 1 aromatic heterocycles. The molecular formula is C21H18FN3O. The zero-order valence-electron chi connectivity index (χ0n) is 14.4. The molecule has 26 heavy (non-hydrogen) atoms. The van der Waals surface area contributed by atoms with E-state index in [0.29, 0.717) is 18.7 Å². The Hall–Kier alpha value is -3.21. The van der Waals surface area contributed by atoms with Gasteiger partial charge in [0, 0.05) is 38.1 Å². The lowest BCUT2D eigenvalue weighted by Crippen LogP contribution is -2.42. The van der Waals surface area contributed by atoms with E-state index < -0.39 is 0 Å². The number of aromatic nitrogens is 1. The summed E-state index contributed by atoms with van der Waals surface area (Å²) < 4.78 is 13.6. The van der Waals surface area contributed by atoms with E-state index in [1.54, 1.807) is 23.4 Å². The summed E-state index contributed by atoms with van der Waals surface area (Å²) >= 11 is 0. The average Bonchev–Trinajstić information content (AvgIpc) is 2.69. The SMILES string of the molecule is CN1CCN(C(=O)c2cncc(-c3ccccc3)c2)c2ccc(F)cc21. The van der Waals surface area contributed by atoms with Crippen molar-refractivity contribution in [1.82, 2.24) is 4.98 Å². The molecule has 5 heteroatoms. The third kappa shape index (κ3) is 2.92. The lowest BCUT2D eigenvalue weighted by atomic mass is 10.1. The molecule has 0 saturated carbocycles. The second-order valence-electron chi connectivity index (χ2n) is 6.34. The van der Waals surface area contributed by atoms with Crippen LogP contribution in [0.5, 0.6) is 0 Å². The standard InChI is InChI=1S/C21H18FN3O/c1-24-9-10-25(19-8-7-18(22)12-20(19)24)21(26)17-11-16(13-23-14-17)15-5-3-2-4-6-15/h2-8,11-14H,9-10H2,1H3. The van der Waals surface area contributed by atoms with Crippen LogP contribution in [0.3, 0.4) is 0 Å². The molecule has 0 saturated heterocycles. The maximum absolute atomic E-state index is 13.6. The van der Waals surface area contributed by atoms with Gasteiger partial charge in [-0.2, -0.15) is 0 Å². The minimum Gasteiger partial charge on any atom is -0.371 e. The van der Waals surface area contributed by atoms with E-state index >= 15 is 0 Å². The number of nitrogens with zero attached hydrogens (tertiary/aromatic N) is 3. The fourth-order valence-corrected chi connectivity index (χ4v) is 3.23. The summed E-state index contributed by atoms with van der Waals surface area (Å²) in [4.78, 5) is 21.0. The zero-order valence-corrected chi connectivity index (χ0v) is 14.4. The van der Waals surface area contributed by atoms with Crippen LogP contribution in [0, 0.1) is 5.82 Å². The van der Waals surface area contributed by atoms with Gasteiger partial charge >= 0.3 is 0 Å². The van der Waals surface area contributed by atoms with Crippen LogP contribution in [-0.2, 0) is 0 Å². The van der Waals surface area contributed by atoms with Gasteiger partial charge in [-0.3, -0.25) is 9.78 Å². The highest BCUT2D eigenvalue weighted by Gasteiger charge is 2.26. The number of halogens is 1. The van der Waals surface area contributed by atoms with Crippen molar-refractivity contribution in [1.29, 1.82) is 0 Å². The van der Waals surface area contributed by atoms with E-state index in [1.807, 2.05) is 48.3 Å². The van der Waals surface area contributed by atoms with Crippen molar-refractivity contribution in [2.75, 3.05) is 29.9 Å². The van der Waals surface area contributed by atoms with Gasteiger partial charge in [-0.25, -0.2) is 4.39 Å². The highest BCUT2D eigenvalue weighted by Crippen LogP contribution is 2.34. The highest BCUT2D eigenvalue weighted by molar-refractivity contribution is 6.08. The van der Waals surface area contributed by atoms with E-state index in [0.717, 1.165) is 22.5 Å². The molecule has 0 aliphatic carbocycles. The number of benzene rings is 2. The fraction of sp³-hybridized carbons (Fsp3) is 0.143. The Balaban J connectivity index is 1.70. The summed E-state index contributed by atoms with van der Waals surface area (Å²) in [6.07, 6.45) is 3.33. The molecule has 1 aliphatic rings. The second kappa shape index (κ2) is 6.59. The van der Waals surface area contributed by atoms with E-state index in [4.69, 9.17) is 0 Å². The summed E-state index contributed by atoms with van der Waals surface area (Å²) in [7, 11) is 1.90. The molecule has 0 atom stereocenters. The van der Waals surface area contributed by atoms with Crippen molar-refractivity contribution in [3.63, 3.8) is 0 Å². The van der Waals surface area contributed by atoms with Gasteiger partial charge in [-0.15, -0.1) is 0 Å². The number of fused-ring (bicyclic) bond motifs is 1. The predicted molar refractivity (Wildman–Crippen MR) is 101 cm³/mol. The maximum Gasteiger partial charge on any atom is 0.259 e. The lowest BCUT2D eigenvalue weighted by molar-refractivity contribution is 0.0986. The summed E-state index contributed by atoms with van der Waals surface area (Å²) in [5, 5.41) is 0. The molecule has 0 spiro atoms. The molecule has 0 fully saturated rings. The van der Waals surface area contributed by atoms with Crippen LogP contribution in [0.4, 0.5) is 15.8 Å². The largest absolute Gasteiger partial charge is 0.371 e. The molecule has 4 nitrogen and oxygen atoms in total. The number of hydrogen-bond acceptors (Lipinski definition) is 3. The highest BCUT2D eigenvalue weighted by atomic mass is 19.1. The monoisotopic (exact) mass is 347 g/mol. The maximum atomic E-state index is 13.6. The van der Waals surface area contributed by atoms with E-state index in [2.05, 4.69) is 4.98 Å². The lowest BCUT2D eigenvalue weighted by Gasteiger charge is -2.35. The Labute approximate surface area is 151 Å². The molecule has 1 amide bonds. The molecule has 1 aliphatic heterocycles. The Morgan fingerprint density at radius 2 is 1.77 bits per heavy atom. The average molecular weight is 347 g/mol. The van der Waals surface area contributed by atoms with Crippen molar-refractivity contribution in [3.05, 3.63) is 78.4 Å². The Bertz CT molecular complexity index is 958. The van der Waals surface area contributed by atoms with Gasteiger partial charge in [-0.1, -0.05) is 30.3 Å². The molecule has 130 valence electrons.